The monoisotopic (exact) mass is 439 g/mol. The number of amides is 2. The van der Waals surface area contributed by atoms with Crippen molar-refractivity contribution in [3.8, 4) is 17.2 Å². The molecule has 0 unspecified atom stereocenters. The smallest absolute Gasteiger partial charge is 0.265 e. The van der Waals surface area contributed by atoms with Crippen LogP contribution < -0.4 is 24.4 Å². The number of para-hydroxylation sites is 2. The highest BCUT2D eigenvalue weighted by Crippen LogP contribution is 2.34. The maximum absolute atomic E-state index is 13.1. The van der Waals surface area contributed by atoms with Gasteiger partial charge in [-0.1, -0.05) is 12.1 Å². The lowest BCUT2D eigenvalue weighted by atomic mass is 10.1. The largest absolute Gasteiger partial charge is 0.497 e. The Kier molecular flexibility index (Phi) is 6.68. The second kappa shape index (κ2) is 9.80. The van der Waals surface area contributed by atoms with Gasteiger partial charge in [0.1, 0.15) is 17.2 Å². The van der Waals surface area contributed by atoms with Crippen molar-refractivity contribution in [1.82, 2.24) is 4.90 Å². The number of hydrogen-bond acceptors (Lipinski definition) is 6. The second-order valence-electron chi connectivity index (χ2n) is 7.96. The molecule has 0 bridgehead atoms. The van der Waals surface area contributed by atoms with E-state index in [4.69, 9.17) is 14.2 Å². The fourth-order valence-electron chi connectivity index (χ4n) is 4.18. The van der Waals surface area contributed by atoms with Gasteiger partial charge in [-0.25, -0.2) is 0 Å². The molecular weight excluding hydrogens is 410 g/mol. The summed E-state index contributed by atoms with van der Waals surface area (Å²) in [6, 6.07) is 12.7. The van der Waals surface area contributed by atoms with Crippen LogP contribution in [0, 0.1) is 0 Å². The van der Waals surface area contributed by atoms with Crippen molar-refractivity contribution in [2.75, 3.05) is 50.6 Å². The minimum absolute atomic E-state index is 0.0147. The van der Waals surface area contributed by atoms with E-state index in [2.05, 4.69) is 5.32 Å². The first-order chi connectivity index (χ1) is 15.6. The summed E-state index contributed by atoms with van der Waals surface area (Å²) in [5.74, 6) is 1.53. The average molecular weight is 440 g/mol. The number of benzene rings is 2. The molecule has 0 spiro atoms. The van der Waals surface area contributed by atoms with E-state index in [-0.39, 0.29) is 18.4 Å². The van der Waals surface area contributed by atoms with Gasteiger partial charge in [0, 0.05) is 19.2 Å². The zero-order chi connectivity index (χ0) is 22.5. The Hall–Kier alpha value is -3.42. The van der Waals surface area contributed by atoms with Gasteiger partial charge in [0.05, 0.1) is 38.7 Å². The van der Waals surface area contributed by atoms with E-state index < -0.39 is 6.10 Å². The molecule has 2 heterocycles. The number of nitrogens with zero attached hydrogens (tertiary/aromatic N) is 2. The van der Waals surface area contributed by atoms with Crippen molar-refractivity contribution in [2.24, 2.45) is 0 Å². The molecule has 1 fully saturated rings. The first-order valence-corrected chi connectivity index (χ1v) is 10.9. The third-order valence-corrected chi connectivity index (χ3v) is 5.82. The predicted molar refractivity (Wildman–Crippen MR) is 122 cm³/mol. The van der Waals surface area contributed by atoms with Crippen LogP contribution in [0.5, 0.6) is 17.2 Å². The molecule has 2 aliphatic heterocycles. The molecular formula is C24H29N3O5. The lowest BCUT2D eigenvalue weighted by Crippen LogP contribution is -2.52. The highest BCUT2D eigenvalue weighted by atomic mass is 16.5. The Balaban J connectivity index is 1.50. The van der Waals surface area contributed by atoms with Gasteiger partial charge in [-0.2, -0.15) is 0 Å². The molecule has 1 N–H and O–H groups in total. The van der Waals surface area contributed by atoms with Crippen molar-refractivity contribution < 1.29 is 23.8 Å². The molecule has 8 heteroatoms. The predicted octanol–water partition coefficient (Wildman–Crippen LogP) is 2.92. The Bertz CT molecular complexity index is 974. The average Bonchev–Trinajstić information content (AvgIpc) is 2.84. The van der Waals surface area contributed by atoms with Crippen LogP contribution in [0.1, 0.15) is 19.3 Å². The fourth-order valence-corrected chi connectivity index (χ4v) is 4.18. The zero-order valence-electron chi connectivity index (χ0n) is 18.5. The first kappa shape index (κ1) is 21.8. The SMILES string of the molecule is COc1ccc(OC)c(NC(=O)CN2C[C@H](C(=O)N3CCCCC3)Oc3ccccc32)c1. The number of carbonyl (C=O) groups is 2. The number of piperidine rings is 1. The van der Waals surface area contributed by atoms with Crippen molar-refractivity contribution in [2.45, 2.75) is 25.4 Å². The summed E-state index contributed by atoms with van der Waals surface area (Å²) in [6.07, 6.45) is 2.55. The van der Waals surface area contributed by atoms with Crippen LogP contribution in [0.4, 0.5) is 11.4 Å². The van der Waals surface area contributed by atoms with Crippen LogP contribution in [-0.2, 0) is 9.59 Å². The third kappa shape index (κ3) is 4.74. The third-order valence-electron chi connectivity index (χ3n) is 5.82. The molecule has 1 saturated heterocycles. The Morgan fingerprint density at radius 2 is 1.84 bits per heavy atom. The maximum atomic E-state index is 13.1. The molecule has 8 nitrogen and oxygen atoms in total. The number of likely N-dealkylation sites (tertiary alicyclic amines) is 1. The summed E-state index contributed by atoms with van der Waals surface area (Å²) < 4.78 is 16.7. The van der Waals surface area contributed by atoms with Crippen molar-refractivity contribution >= 4 is 23.2 Å². The molecule has 0 aromatic heterocycles. The molecule has 2 aromatic rings. The quantitative estimate of drug-likeness (QED) is 0.746. The Morgan fingerprint density at radius 1 is 1.06 bits per heavy atom. The molecule has 170 valence electrons. The Morgan fingerprint density at radius 3 is 2.59 bits per heavy atom. The van der Waals surface area contributed by atoms with Gasteiger partial charge in [-0.15, -0.1) is 0 Å². The number of anilines is 2. The standard InChI is InChI=1S/C24H29N3O5/c1-30-17-10-11-20(31-2)18(14-17)25-23(28)16-27-15-22(24(29)26-12-6-3-7-13-26)32-21-9-5-4-8-19(21)27/h4-5,8-11,14,22H,3,6-7,12-13,15-16H2,1-2H3,(H,25,28)/t22-/m1/s1. The summed E-state index contributed by atoms with van der Waals surface area (Å²) in [4.78, 5) is 29.8. The van der Waals surface area contributed by atoms with Gasteiger partial charge in [-0.05, 0) is 43.5 Å². The maximum Gasteiger partial charge on any atom is 0.265 e. The summed E-state index contributed by atoms with van der Waals surface area (Å²) in [6.45, 7) is 1.91. The van der Waals surface area contributed by atoms with Gasteiger partial charge in [-0.3, -0.25) is 9.59 Å². The van der Waals surface area contributed by atoms with Crippen LogP contribution in [0.15, 0.2) is 42.5 Å². The number of methoxy groups -OCH3 is 2. The summed E-state index contributed by atoms with van der Waals surface area (Å²) in [5.41, 5.74) is 1.32. The van der Waals surface area contributed by atoms with Gasteiger partial charge >= 0.3 is 0 Å². The highest BCUT2D eigenvalue weighted by Gasteiger charge is 2.34. The van der Waals surface area contributed by atoms with E-state index in [0.29, 0.717) is 29.5 Å². The lowest BCUT2D eigenvalue weighted by Gasteiger charge is -2.38. The van der Waals surface area contributed by atoms with E-state index in [1.165, 1.54) is 0 Å². The highest BCUT2D eigenvalue weighted by molar-refractivity contribution is 5.96. The zero-order valence-corrected chi connectivity index (χ0v) is 18.5. The Labute approximate surface area is 188 Å². The summed E-state index contributed by atoms with van der Waals surface area (Å²) in [5, 5.41) is 2.90. The van der Waals surface area contributed by atoms with Crippen LogP contribution in [0.3, 0.4) is 0 Å². The molecule has 1 atom stereocenters. The van der Waals surface area contributed by atoms with Gasteiger partial charge in [0.25, 0.3) is 5.91 Å². The van der Waals surface area contributed by atoms with Crippen LogP contribution >= 0.6 is 0 Å². The number of fused-ring (bicyclic) bond motifs is 1. The molecule has 2 aromatic carbocycles. The second-order valence-corrected chi connectivity index (χ2v) is 7.96. The number of rotatable bonds is 6. The topological polar surface area (TPSA) is 80.3 Å². The van der Waals surface area contributed by atoms with Gasteiger partial charge in [0.15, 0.2) is 6.10 Å². The van der Waals surface area contributed by atoms with E-state index >= 15 is 0 Å². The van der Waals surface area contributed by atoms with E-state index in [0.717, 1.165) is 38.0 Å². The van der Waals surface area contributed by atoms with Crippen LogP contribution in [0.2, 0.25) is 0 Å². The van der Waals surface area contributed by atoms with E-state index in [1.54, 1.807) is 32.4 Å². The molecule has 0 saturated carbocycles. The minimum Gasteiger partial charge on any atom is -0.497 e. The molecule has 2 aliphatic rings. The number of ether oxygens (including phenoxy) is 3. The molecule has 4 rings (SSSR count). The molecule has 0 aliphatic carbocycles. The minimum atomic E-state index is -0.637. The van der Waals surface area contributed by atoms with Gasteiger partial charge < -0.3 is 29.3 Å². The molecule has 2 amide bonds. The molecule has 32 heavy (non-hydrogen) atoms. The number of nitrogens with one attached hydrogen (secondary N) is 1. The van der Waals surface area contributed by atoms with Crippen molar-refractivity contribution in [3.63, 3.8) is 0 Å². The van der Waals surface area contributed by atoms with Crippen LogP contribution in [0.25, 0.3) is 0 Å². The number of hydrogen-bond donors (Lipinski definition) is 1. The number of carbonyl (C=O) groups excluding carboxylic acids is 2. The van der Waals surface area contributed by atoms with Crippen LogP contribution in [-0.4, -0.2) is 63.2 Å². The van der Waals surface area contributed by atoms with Crippen molar-refractivity contribution in [1.29, 1.82) is 0 Å². The fraction of sp³-hybridized carbons (Fsp3) is 0.417. The summed E-state index contributed by atoms with van der Waals surface area (Å²) >= 11 is 0. The lowest BCUT2D eigenvalue weighted by molar-refractivity contribution is -0.139. The van der Waals surface area contributed by atoms with Crippen molar-refractivity contribution in [3.05, 3.63) is 42.5 Å². The van der Waals surface area contributed by atoms with E-state index in [9.17, 15) is 9.59 Å². The van der Waals surface area contributed by atoms with Gasteiger partial charge in [0.2, 0.25) is 5.91 Å². The molecule has 0 radical (unpaired) electrons. The van der Waals surface area contributed by atoms with E-state index in [1.807, 2.05) is 34.1 Å². The first-order valence-electron chi connectivity index (χ1n) is 10.9. The summed E-state index contributed by atoms with van der Waals surface area (Å²) in [7, 11) is 3.12. The normalized spacial score (nSPS) is 17.8.